The molecule has 76 valence electrons. The largest absolute Gasteiger partial charge is 0.340 e. The molecule has 0 aromatic carbocycles. The van der Waals surface area contributed by atoms with Gasteiger partial charge < -0.3 is 15.5 Å². The van der Waals surface area contributed by atoms with Crippen LogP contribution in [0.15, 0.2) is 0 Å². The fourth-order valence-electron chi connectivity index (χ4n) is 1.46. The number of rotatable bonds is 2. The lowest BCUT2D eigenvalue weighted by atomic mass is 10.2. The van der Waals surface area contributed by atoms with E-state index in [1.807, 2.05) is 11.8 Å². The van der Waals surface area contributed by atoms with E-state index in [4.69, 9.17) is 5.73 Å². The summed E-state index contributed by atoms with van der Waals surface area (Å²) in [7, 11) is 2.08. The summed E-state index contributed by atoms with van der Waals surface area (Å²) in [5.74, 6) is 0.197. The van der Waals surface area contributed by atoms with Crippen LogP contribution in [0.25, 0.3) is 0 Å². The van der Waals surface area contributed by atoms with Crippen molar-refractivity contribution >= 4 is 5.91 Å². The van der Waals surface area contributed by atoms with Crippen molar-refractivity contribution in [2.75, 3.05) is 33.2 Å². The van der Waals surface area contributed by atoms with E-state index in [1.54, 1.807) is 0 Å². The van der Waals surface area contributed by atoms with E-state index in [0.717, 1.165) is 26.2 Å². The highest BCUT2D eigenvalue weighted by molar-refractivity contribution is 5.76. The normalized spacial score (nSPS) is 21.6. The molecule has 4 heteroatoms. The Labute approximate surface area is 79.7 Å². The van der Waals surface area contributed by atoms with Gasteiger partial charge in [-0.2, -0.15) is 0 Å². The number of nitrogens with zero attached hydrogens (tertiary/aromatic N) is 2. The summed E-state index contributed by atoms with van der Waals surface area (Å²) >= 11 is 0. The maximum atomic E-state index is 11.5. The molecule has 1 atom stereocenters. The average molecular weight is 185 g/mol. The van der Waals surface area contributed by atoms with Gasteiger partial charge in [-0.05, 0) is 14.0 Å². The summed E-state index contributed by atoms with van der Waals surface area (Å²) in [6.07, 6.45) is 0.476. The lowest BCUT2D eigenvalue weighted by Gasteiger charge is -2.32. The van der Waals surface area contributed by atoms with Gasteiger partial charge in [0.05, 0.1) is 0 Å². The molecule has 1 heterocycles. The number of amides is 1. The number of carbonyl (C=O) groups is 1. The second-order valence-corrected chi connectivity index (χ2v) is 3.87. The highest BCUT2D eigenvalue weighted by atomic mass is 16.2. The maximum Gasteiger partial charge on any atom is 0.224 e. The van der Waals surface area contributed by atoms with Crippen LogP contribution in [0, 0.1) is 0 Å². The third kappa shape index (κ3) is 3.32. The Hall–Kier alpha value is -0.610. The van der Waals surface area contributed by atoms with Crippen molar-refractivity contribution in [1.82, 2.24) is 9.80 Å². The van der Waals surface area contributed by atoms with Crippen molar-refractivity contribution in [2.45, 2.75) is 19.4 Å². The molecule has 0 saturated carbocycles. The molecular formula is C9H19N3O. The van der Waals surface area contributed by atoms with Gasteiger partial charge in [0.1, 0.15) is 0 Å². The molecule has 4 nitrogen and oxygen atoms in total. The topological polar surface area (TPSA) is 49.6 Å². The number of nitrogens with two attached hydrogens (primary N) is 1. The predicted molar refractivity (Wildman–Crippen MR) is 52.3 cm³/mol. The minimum absolute atomic E-state index is 0.0212. The van der Waals surface area contributed by atoms with Gasteiger partial charge in [-0.25, -0.2) is 0 Å². The van der Waals surface area contributed by atoms with Crippen LogP contribution in [0.5, 0.6) is 0 Å². The molecule has 1 amide bonds. The minimum atomic E-state index is -0.0212. The van der Waals surface area contributed by atoms with Crippen LogP contribution in [-0.4, -0.2) is 55.0 Å². The maximum absolute atomic E-state index is 11.5. The first-order valence-electron chi connectivity index (χ1n) is 4.81. The molecule has 0 unspecified atom stereocenters. The van der Waals surface area contributed by atoms with Crippen LogP contribution in [0.4, 0.5) is 0 Å². The number of carbonyl (C=O) groups excluding carboxylic acids is 1. The molecule has 1 rings (SSSR count). The smallest absolute Gasteiger partial charge is 0.224 e. The molecule has 1 fully saturated rings. The summed E-state index contributed by atoms with van der Waals surface area (Å²) < 4.78 is 0. The minimum Gasteiger partial charge on any atom is -0.340 e. The molecule has 0 radical (unpaired) electrons. The van der Waals surface area contributed by atoms with E-state index in [1.165, 1.54) is 0 Å². The Balaban J connectivity index is 2.31. The Morgan fingerprint density at radius 1 is 1.38 bits per heavy atom. The lowest BCUT2D eigenvalue weighted by molar-refractivity contribution is -0.133. The zero-order valence-corrected chi connectivity index (χ0v) is 8.49. The van der Waals surface area contributed by atoms with Crippen molar-refractivity contribution in [3.63, 3.8) is 0 Å². The van der Waals surface area contributed by atoms with Crippen molar-refractivity contribution in [2.24, 2.45) is 5.73 Å². The molecule has 0 spiro atoms. The van der Waals surface area contributed by atoms with Crippen LogP contribution < -0.4 is 5.73 Å². The molecule has 0 aliphatic carbocycles. The molecule has 1 saturated heterocycles. The quantitative estimate of drug-likeness (QED) is 0.631. The molecule has 0 aromatic rings. The Bertz CT molecular complexity index is 174. The zero-order chi connectivity index (χ0) is 9.84. The van der Waals surface area contributed by atoms with Gasteiger partial charge in [0.2, 0.25) is 5.91 Å². The summed E-state index contributed by atoms with van der Waals surface area (Å²) in [5, 5.41) is 0. The van der Waals surface area contributed by atoms with E-state index in [0.29, 0.717) is 6.42 Å². The van der Waals surface area contributed by atoms with Gasteiger partial charge in [-0.3, -0.25) is 4.79 Å². The fraction of sp³-hybridized carbons (Fsp3) is 0.889. The second kappa shape index (κ2) is 4.58. The van der Waals surface area contributed by atoms with Crippen LogP contribution in [-0.2, 0) is 4.79 Å². The Morgan fingerprint density at radius 3 is 2.38 bits per heavy atom. The number of likely N-dealkylation sites (N-methyl/N-ethyl adjacent to an activating group) is 1. The van der Waals surface area contributed by atoms with E-state index in [2.05, 4.69) is 11.9 Å². The molecule has 1 aliphatic rings. The van der Waals surface area contributed by atoms with Crippen molar-refractivity contribution < 1.29 is 4.79 Å². The molecule has 2 N–H and O–H groups in total. The highest BCUT2D eigenvalue weighted by Gasteiger charge is 2.19. The van der Waals surface area contributed by atoms with E-state index >= 15 is 0 Å². The fourth-order valence-corrected chi connectivity index (χ4v) is 1.46. The van der Waals surface area contributed by atoms with Crippen molar-refractivity contribution in [3.8, 4) is 0 Å². The van der Waals surface area contributed by atoms with Gasteiger partial charge >= 0.3 is 0 Å². The first-order valence-corrected chi connectivity index (χ1v) is 4.81. The van der Waals surface area contributed by atoms with Gasteiger partial charge in [-0.1, -0.05) is 0 Å². The van der Waals surface area contributed by atoms with Gasteiger partial charge in [0.15, 0.2) is 0 Å². The van der Waals surface area contributed by atoms with Crippen molar-refractivity contribution in [3.05, 3.63) is 0 Å². The Kier molecular flexibility index (Phi) is 3.69. The number of hydrogen-bond acceptors (Lipinski definition) is 3. The van der Waals surface area contributed by atoms with Crippen LogP contribution >= 0.6 is 0 Å². The van der Waals surface area contributed by atoms with E-state index in [9.17, 15) is 4.79 Å². The highest BCUT2D eigenvalue weighted by Crippen LogP contribution is 2.02. The third-order valence-corrected chi connectivity index (χ3v) is 2.35. The third-order valence-electron chi connectivity index (χ3n) is 2.35. The van der Waals surface area contributed by atoms with E-state index < -0.39 is 0 Å². The standard InChI is InChI=1S/C9H19N3O/c1-8(10)7-9(13)12-5-3-11(2)4-6-12/h8H,3-7,10H2,1-2H3/t8-/m0/s1. The SMILES string of the molecule is C[C@H](N)CC(=O)N1CCN(C)CC1. The summed E-state index contributed by atoms with van der Waals surface area (Å²) in [6, 6.07) is -0.0212. The molecular weight excluding hydrogens is 166 g/mol. The van der Waals surface area contributed by atoms with Crippen LogP contribution in [0.2, 0.25) is 0 Å². The summed E-state index contributed by atoms with van der Waals surface area (Å²) in [5.41, 5.74) is 5.57. The van der Waals surface area contributed by atoms with Crippen LogP contribution in [0.3, 0.4) is 0 Å². The monoisotopic (exact) mass is 185 g/mol. The summed E-state index contributed by atoms with van der Waals surface area (Å²) in [4.78, 5) is 15.7. The summed E-state index contributed by atoms with van der Waals surface area (Å²) in [6.45, 7) is 5.52. The number of piperazine rings is 1. The van der Waals surface area contributed by atoms with E-state index in [-0.39, 0.29) is 11.9 Å². The molecule has 0 bridgehead atoms. The first kappa shape index (κ1) is 10.5. The molecule has 0 aromatic heterocycles. The second-order valence-electron chi connectivity index (χ2n) is 3.87. The van der Waals surface area contributed by atoms with Gasteiger partial charge in [0.25, 0.3) is 0 Å². The Morgan fingerprint density at radius 2 is 1.92 bits per heavy atom. The van der Waals surface area contributed by atoms with Gasteiger partial charge in [0, 0.05) is 38.6 Å². The van der Waals surface area contributed by atoms with Crippen LogP contribution in [0.1, 0.15) is 13.3 Å². The lowest BCUT2D eigenvalue weighted by Crippen LogP contribution is -2.48. The first-order chi connectivity index (χ1) is 6.09. The predicted octanol–water partition coefficient (Wildman–Crippen LogP) is -0.502. The average Bonchev–Trinajstić information content (AvgIpc) is 2.04. The zero-order valence-electron chi connectivity index (χ0n) is 8.49. The van der Waals surface area contributed by atoms with Gasteiger partial charge in [-0.15, -0.1) is 0 Å². The molecule has 13 heavy (non-hydrogen) atoms. The number of hydrogen-bond donors (Lipinski definition) is 1. The van der Waals surface area contributed by atoms with Crippen molar-refractivity contribution in [1.29, 1.82) is 0 Å². The molecule has 1 aliphatic heterocycles.